The molecule has 1 aliphatic carbocycles. The maximum Gasteiger partial charge on any atom is 0.154 e. The lowest BCUT2D eigenvalue weighted by Gasteiger charge is -2.15. The second kappa shape index (κ2) is 10.8. The SMILES string of the molecule is CNc1nnc(-c2c(O)cc(C)cc2F)c2c1[C@@H](CCOC)OC2.OC1CCCCC1. The first-order chi connectivity index (χ1) is 15.0. The van der Waals surface area contributed by atoms with E-state index in [0.29, 0.717) is 30.1 Å². The average Bonchev–Trinajstić information content (AvgIpc) is 3.17. The molecule has 0 spiro atoms. The lowest BCUT2D eigenvalue weighted by molar-refractivity contribution is 0.0401. The maximum atomic E-state index is 14.4. The van der Waals surface area contributed by atoms with Gasteiger partial charge in [0.2, 0.25) is 0 Å². The predicted octanol–water partition coefficient (Wildman–Crippen LogP) is 4.26. The summed E-state index contributed by atoms with van der Waals surface area (Å²) in [4.78, 5) is 0. The van der Waals surface area contributed by atoms with Crippen molar-refractivity contribution in [3.8, 4) is 17.0 Å². The van der Waals surface area contributed by atoms with Gasteiger partial charge in [-0.25, -0.2) is 4.39 Å². The number of nitrogens with zero attached hydrogens (tertiary/aromatic N) is 2. The van der Waals surface area contributed by atoms with Crippen LogP contribution in [0.1, 0.15) is 61.3 Å². The highest BCUT2D eigenvalue weighted by Crippen LogP contribution is 2.43. The summed E-state index contributed by atoms with van der Waals surface area (Å²) in [5.74, 6) is -0.0811. The Kier molecular flexibility index (Phi) is 8.17. The summed E-state index contributed by atoms with van der Waals surface area (Å²) in [5, 5.41) is 30.4. The van der Waals surface area contributed by atoms with E-state index in [-0.39, 0.29) is 30.1 Å². The van der Waals surface area contributed by atoms with Gasteiger partial charge in [-0.2, -0.15) is 0 Å². The standard InChI is InChI=1S/C17H20FN3O3.C6H12O/c1-9-6-11(18)15(12(22)7-9)16-10-8-24-13(4-5-23-3)14(10)17(19-2)21-20-16;7-6-4-2-1-3-5-6/h6-7,13,22H,4-5,8H2,1-3H3,(H,19,21);6-7H,1-5H2/t13-;/m1./s1. The Balaban J connectivity index is 0.000000330. The zero-order valence-electron chi connectivity index (χ0n) is 18.4. The van der Waals surface area contributed by atoms with E-state index in [4.69, 9.17) is 14.6 Å². The number of aryl methyl sites for hydroxylation is 1. The normalized spacial score (nSPS) is 18.3. The molecule has 170 valence electrons. The molecule has 2 aliphatic rings. The molecule has 2 aromatic rings. The molecule has 1 aliphatic heterocycles. The van der Waals surface area contributed by atoms with Crippen LogP contribution in [0.3, 0.4) is 0 Å². The van der Waals surface area contributed by atoms with Crippen LogP contribution in [0.15, 0.2) is 12.1 Å². The maximum absolute atomic E-state index is 14.4. The average molecular weight is 434 g/mol. The monoisotopic (exact) mass is 433 g/mol. The van der Waals surface area contributed by atoms with Gasteiger partial charge in [-0.15, -0.1) is 10.2 Å². The molecule has 1 aromatic carbocycles. The summed E-state index contributed by atoms with van der Waals surface area (Å²) < 4.78 is 25.4. The van der Waals surface area contributed by atoms with Crippen LogP contribution in [0.25, 0.3) is 11.3 Å². The molecule has 8 heteroatoms. The third-order valence-corrected chi connectivity index (χ3v) is 5.71. The van der Waals surface area contributed by atoms with Crippen LogP contribution in [0.5, 0.6) is 5.75 Å². The molecule has 0 unspecified atom stereocenters. The van der Waals surface area contributed by atoms with Crippen LogP contribution in [-0.4, -0.2) is 47.3 Å². The number of aromatic hydroxyl groups is 1. The van der Waals surface area contributed by atoms with E-state index in [1.54, 1.807) is 21.1 Å². The zero-order chi connectivity index (χ0) is 22.4. The van der Waals surface area contributed by atoms with Crippen LogP contribution in [0.4, 0.5) is 10.2 Å². The summed E-state index contributed by atoms with van der Waals surface area (Å²) in [6.45, 7) is 2.54. The van der Waals surface area contributed by atoms with Crippen molar-refractivity contribution in [2.24, 2.45) is 0 Å². The molecule has 1 atom stereocenters. The molecule has 0 bridgehead atoms. The summed E-state index contributed by atoms with van der Waals surface area (Å²) in [5.41, 5.74) is 2.61. The molecule has 1 fully saturated rings. The molecule has 31 heavy (non-hydrogen) atoms. The van der Waals surface area contributed by atoms with E-state index in [1.165, 1.54) is 31.4 Å². The Hall–Kier alpha value is -2.29. The first kappa shape index (κ1) is 23.4. The van der Waals surface area contributed by atoms with Gasteiger partial charge >= 0.3 is 0 Å². The fourth-order valence-corrected chi connectivity index (χ4v) is 4.12. The third-order valence-electron chi connectivity index (χ3n) is 5.71. The van der Waals surface area contributed by atoms with Gasteiger partial charge in [0.05, 0.1) is 24.4 Å². The van der Waals surface area contributed by atoms with Crippen molar-refractivity contribution >= 4 is 5.82 Å². The van der Waals surface area contributed by atoms with E-state index in [1.807, 2.05) is 0 Å². The van der Waals surface area contributed by atoms with Gasteiger partial charge in [0, 0.05) is 38.3 Å². The van der Waals surface area contributed by atoms with Gasteiger partial charge in [-0.05, 0) is 37.5 Å². The van der Waals surface area contributed by atoms with Crippen LogP contribution in [-0.2, 0) is 16.1 Å². The number of benzene rings is 1. The largest absolute Gasteiger partial charge is 0.507 e. The number of aromatic nitrogens is 2. The van der Waals surface area contributed by atoms with E-state index >= 15 is 0 Å². The van der Waals surface area contributed by atoms with E-state index < -0.39 is 5.82 Å². The van der Waals surface area contributed by atoms with Crippen LogP contribution in [0, 0.1) is 12.7 Å². The highest BCUT2D eigenvalue weighted by Gasteiger charge is 2.32. The molecular formula is C23H32FN3O4. The third kappa shape index (κ3) is 5.50. The number of hydrogen-bond donors (Lipinski definition) is 3. The molecule has 1 aromatic heterocycles. The Bertz CT molecular complexity index is 864. The summed E-state index contributed by atoms with van der Waals surface area (Å²) in [6, 6.07) is 2.88. The number of phenols is 1. The molecule has 0 radical (unpaired) electrons. The number of halogens is 1. The zero-order valence-corrected chi connectivity index (χ0v) is 18.4. The fourth-order valence-electron chi connectivity index (χ4n) is 4.12. The summed E-state index contributed by atoms with van der Waals surface area (Å²) in [6.07, 6.45) is 6.38. The smallest absolute Gasteiger partial charge is 0.154 e. The van der Waals surface area contributed by atoms with Gasteiger partial charge in [-0.1, -0.05) is 19.3 Å². The number of phenolic OH excluding ortho intramolecular Hbond substituents is 1. The van der Waals surface area contributed by atoms with Crippen LogP contribution in [0.2, 0.25) is 0 Å². The van der Waals surface area contributed by atoms with Crippen LogP contribution < -0.4 is 5.32 Å². The molecule has 2 heterocycles. The molecular weight excluding hydrogens is 401 g/mol. The second-order valence-electron chi connectivity index (χ2n) is 8.05. The van der Waals surface area contributed by atoms with Crippen molar-refractivity contribution in [1.29, 1.82) is 0 Å². The van der Waals surface area contributed by atoms with Gasteiger partial charge < -0.3 is 25.0 Å². The quantitative estimate of drug-likeness (QED) is 0.648. The summed E-state index contributed by atoms with van der Waals surface area (Å²) in [7, 11) is 3.38. The van der Waals surface area contributed by atoms with Crippen molar-refractivity contribution in [1.82, 2.24) is 10.2 Å². The topological polar surface area (TPSA) is 96.7 Å². The Morgan fingerprint density at radius 2 is 1.97 bits per heavy atom. The Morgan fingerprint density at radius 3 is 2.55 bits per heavy atom. The number of fused-ring (bicyclic) bond motifs is 1. The van der Waals surface area contributed by atoms with Gasteiger partial charge in [0.15, 0.2) is 5.82 Å². The number of hydrogen-bond acceptors (Lipinski definition) is 7. The molecule has 4 rings (SSSR count). The predicted molar refractivity (Wildman–Crippen MR) is 116 cm³/mol. The lowest BCUT2D eigenvalue weighted by atomic mass is 9.98. The van der Waals surface area contributed by atoms with Crippen molar-refractivity contribution in [3.63, 3.8) is 0 Å². The number of aliphatic hydroxyl groups excluding tert-OH is 1. The number of anilines is 1. The lowest BCUT2D eigenvalue weighted by Crippen LogP contribution is -2.09. The first-order valence-electron chi connectivity index (χ1n) is 10.8. The molecule has 0 amide bonds. The van der Waals surface area contributed by atoms with E-state index in [0.717, 1.165) is 24.0 Å². The second-order valence-corrected chi connectivity index (χ2v) is 8.05. The fraction of sp³-hybridized carbons (Fsp3) is 0.565. The van der Waals surface area contributed by atoms with E-state index in [9.17, 15) is 9.50 Å². The molecule has 7 nitrogen and oxygen atoms in total. The van der Waals surface area contributed by atoms with Crippen molar-refractivity contribution in [2.45, 2.75) is 64.3 Å². The highest BCUT2D eigenvalue weighted by atomic mass is 19.1. The Labute approximate surface area is 182 Å². The van der Waals surface area contributed by atoms with E-state index in [2.05, 4.69) is 15.5 Å². The first-order valence-corrected chi connectivity index (χ1v) is 10.8. The number of aliphatic hydroxyl groups is 1. The minimum atomic E-state index is -0.526. The van der Waals surface area contributed by atoms with Gasteiger partial charge in [-0.3, -0.25) is 0 Å². The number of ether oxygens (including phenoxy) is 2. The molecule has 3 N–H and O–H groups in total. The van der Waals surface area contributed by atoms with Crippen molar-refractivity contribution < 1.29 is 24.1 Å². The minimum Gasteiger partial charge on any atom is -0.507 e. The van der Waals surface area contributed by atoms with Gasteiger partial charge in [0.25, 0.3) is 0 Å². The van der Waals surface area contributed by atoms with Crippen LogP contribution >= 0.6 is 0 Å². The molecule has 0 saturated heterocycles. The Morgan fingerprint density at radius 1 is 1.23 bits per heavy atom. The minimum absolute atomic E-state index is 0.0359. The van der Waals surface area contributed by atoms with Crippen molar-refractivity contribution in [2.75, 3.05) is 26.1 Å². The van der Waals surface area contributed by atoms with Crippen molar-refractivity contribution in [3.05, 3.63) is 34.6 Å². The number of nitrogens with one attached hydrogen (secondary N) is 1. The highest BCUT2D eigenvalue weighted by molar-refractivity contribution is 5.73. The molecule has 1 saturated carbocycles. The number of methoxy groups -OCH3 is 1. The number of rotatable bonds is 5. The van der Waals surface area contributed by atoms with Gasteiger partial charge in [0.1, 0.15) is 17.3 Å². The summed E-state index contributed by atoms with van der Waals surface area (Å²) >= 11 is 0.